The van der Waals surface area contributed by atoms with Gasteiger partial charge >= 0.3 is 0 Å². The summed E-state index contributed by atoms with van der Waals surface area (Å²) >= 11 is 0. The van der Waals surface area contributed by atoms with Crippen LogP contribution in [0.4, 0.5) is 17.5 Å². The van der Waals surface area contributed by atoms with E-state index in [1.54, 1.807) is 0 Å². The molecular formula is C27H28N6O4. The summed E-state index contributed by atoms with van der Waals surface area (Å²) in [5.74, 6) is -0.534. The third kappa shape index (κ3) is 4.68. The minimum Gasteiger partial charge on any atom is -0.486 e. The van der Waals surface area contributed by atoms with Gasteiger partial charge in [0.15, 0.2) is 11.5 Å². The molecule has 1 amide bonds. The Kier molecular flexibility index (Phi) is 6.68. The summed E-state index contributed by atoms with van der Waals surface area (Å²) < 4.78 is 11.2. The minimum absolute atomic E-state index is 0.155. The summed E-state index contributed by atoms with van der Waals surface area (Å²) in [4.78, 5) is 35.5. The first kappa shape index (κ1) is 24.2. The highest BCUT2D eigenvalue weighted by molar-refractivity contribution is 5.98. The number of aromatic amines is 1. The third-order valence-corrected chi connectivity index (χ3v) is 6.71. The molecule has 10 nitrogen and oxygen atoms in total. The predicted molar refractivity (Wildman–Crippen MR) is 139 cm³/mol. The zero-order chi connectivity index (χ0) is 25.9. The number of nitrogens with zero attached hydrogens (tertiary/aromatic N) is 3. The molecule has 3 N–H and O–H groups in total. The number of benzene rings is 2. The normalized spacial score (nSPS) is 17.8. The molecule has 0 aliphatic carbocycles. The molecule has 5 rings (SSSR count). The van der Waals surface area contributed by atoms with E-state index in [-0.39, 0.29) is 17.3 Å². The molecule has 2 aliphatic heterocycles. The van der Waals surface area contributed by atoms with Crippen LogP contribution in [0.25, 0.3) is 0 Å². The zero-order valence-electron chi connectivity index (χ0n) is 20.7. The first-order valence-electron chi connectivity index (χ1n) is 12.3. The number of anilines is 3. The van der Waals surface area contributed by atoms with Crippen LogP contribution in [0.15, 0.2) is 47.3 Å². The second-order valence-corrected chi connectivity index (χ2v) is 8.85. The SMILES string of the molecule is CCN(CC)c1ccc(C2c3c(nc(NCc4ccc5c(c4)OCCO5)[nH]c3=O)NC(=O)C2C#N)cc1. The van der Waals surface area contributed by atoms with E-state index in [9.17, 15) is 14.9 Å². The third-order valence-electron chi connectivity index (χ3n) is 6.71. The van der Waals surface area contributed by atoms with Crippen LogP contribution in [-0.2, 0) is 11.3 Å². The molecule has 37 heavy (non-hydrogen) atoms. The van der Waals surface area contributed by atoms with Crippen molar-refractivity contribution in [1.82, 2.24) is 9.97 Å². The molecule has 2 unspecified atom stereocenters. The lowest BCUT2D eigenvalue weighted by Gasteiger charge is -2.29. The number of H-pyrrole nitrogens is 1. The second-order valence-electron chi connectivity index (χ2n) is 8.85. The minimum atomic E-state index is -1.05. The highest BCUT2D eigenvalue weighted by atomic mass is 16.6. The molecule has 0 spiro atoms. The van der Waals surface area contributed by atoms with Gasteiger partial charge in [-0.2, -0.15) is 10.2 Å². The monoisotopic (exact) mass is 500 g/mol. The maximum atomic E-state index is 13.3. The molecule has 190 valence electrons. The van der Waals surface area contributed by atoms with E-state index in [1.165, 1.54) is 0 Å². The van der Waals surface area contributed by atoms with Crippen molar-refractivity contribution < 1.29 is 14.3 Å². The number of hydrogen-bond acceptors (Lipinski definition) is 8. The van der Waals surface area contributed by atoms with Crippen LogP contribution in [0, 0.1) is 17.2 Å². The van der Waals surface area contributed by atoms with Gasteiger partial charge in [-0.3, -0.25) is 14.6 Å². The van der Waals surface area contributed by atoms with E-state index in [0.29, 0.717) is 36.8 Å². The van der Waals surface area contributed by atoms with Gasteiger partial charge in [0.25, 0.3) is 5.56 Å². The molecule has 0 saturated carbocycles. The number of nitriles is 1. The molecule has 1 aromatic heterocycles. The quantitative estimate of drug-likeness (QED) is 0.451. The van der Waals surface area contributed by atoms with E-state index in [0.717, 1.165) is 24.3 Å². The second kappa shape index (κ2) is 10.2. The van der Waals surface area contributed by atoms with Gasteiger partial charge in [-0.15, -0.1) is 0 Å². The molecule has 2 aromatic carbocycles. The van der Waals surface area contributed by atoms with E-state index >= 15 is 0 Å². The predicted octanol–water partition coefficient (Wildman–Crippen LogP) is 3.22. The molecule has 2 aliphatic rings. The Morgan fingerprint density at radius 2 is 1.81 bits per heavy atom. The van der Waals surface area contributed by atoms with Gasteiger partial charge in [0, 0.05) is 31.2 Å². The standard InChI is InChI=1S/C27H28N6O4/c1-3-33(4-2)18-8-6-17(7-9-18)22-19(14-28)25(34)30-24-23(22)26(35)32-27(31-24)29-15-16-5-10-20-21(13-16)37-12-11-36-20/h5-10,13,19,22H,3-4,11-12,15H2,1-2H3,(H3,29,30,31,32,34,35). The zero-order valence-corrected chi connectivity index (χ0v) is 20.7. The van der Waals surface area contributed by atoms with Crippen molar-refractivity contribution in [2.45, 2.75) is 26.3 Å². The van der Waals surface area contributed by atoms with Crippen LogP contribution in [0.1, 0.15) is 36.5 Å². The topological polar surface area (TPSA) is 132 Å². The largest absolute Gasteiger partial charge is 0.486 e. The number of aromatic nitrogens is 2. The van der Waals surface area contributed by atoms with E-state index in [4.69, 9.17) is 9.47 Å². The summed E-state index contributed by atoms with van der Waals surface area (Å²) in [5.41, 5.74) is 2.51. The highest BCUT2D eigenvalue weighted by Gasteiger charge is 2.40. The molecule has 2 atom stereocenters. The van der Waals surface area contributed by atoms with Crippen molar-refractivity contribution in [3.8, 4) is 17.6 Å². The molecule has 3 aromatic rings. The average molecular weight is 501 g/mol. The van der Waals surface area contributed by atoms with E-state index < -0.39 is 23.3 Å². The highest BCUT2D eigenvalue weighted by Crippen LogP contribution is 2.38. The number of hydrogen-bond donors (Lipinski definition) is 3. The van der Waals surface area contributed by atoms with Crippen LogP contribution in [0.2, 0.25) is 0 Å². The van der Waals surface area contributed by atoms with Crippen LogP contribution in [0.5, 0.6) is 11.5 Å². The molecule has 3 heterocycles. The van der Waals surface area contributed by atoms with Gasteiger partial charge in [-0.05, 0) is 49.2 Å². The average Bonchev–Trinajstić information content (AvgIpc) is 2.92. The number of rotatable bonds is 7. The summed E-state index contributed by atoms with van der Waals surface area (Å²) in [6.45, 7) is 7.25. The van der Waals surface area contributed by atoms with Gasteiger partial charge in [-0.25, -0.2) is 0 Å². The number of amides is 1. The van der Waals surface area contributed by atoms with Gasteiger partial charge in [0.2, 0.25) is 11.9 Å². The first-order valence-corrected chi connectivity index (χ1v) is 12.3. The molecule has 0 bridgehead atoms. The van der Waals surface area contributed by atoms with Crippen molar-refractivity contribution in [2.75, 3.05) is 41.8 Å². The number of carbonyl (C=O) groups excluding carboxylic acids is 1. The lowest BCUT2D eigenvalue weighted by atomic mass is 9.79. The van der Waals surface area contributed by atoms with Gasteiger partial charge in [-0.1, -0.05) is 18.2 Å². The van der Waals surface area contributed by atoms with Crippen molar-refractivity contribution in [3.05, 3.63) is 69.5 Å². The van der Waals surface area contributed by atoms with Crippen LogP contribution in [0.3, 0.4) is 0 Å². The molecule has 0 saturated heterocycles. The molecular weight excluding hydrogens is 472 g/mol. The Bertz CT molecular complexity index is 1410. The van der Waals surface area contributed by atoms with Crippen molar-refractivity contribution >= 4 is 23.4 Å². The maximum Gasteiger partial charge on any atom is 0.258 e. The van der Waals surface area contributed by atoms with Crippen molar-refractivity contribution in [2.24, 2.45) is 5.92 Å². The van der Waals surface area contributed by atoms with Gasteiger partial charge in [0.05, 0.1) is 11.6 Å². The summed E-state index contributed by atoms with van der Waals surface area (Å²) in [6, 6.07) is 15.3. The number of fused-ring (bicyclic) bond motifs is 2. The Hall–Kier alpha value is -4.52. The molecule has 0 fully saturated rings. The summed E-state index contributed by atoms with van der Waals surface area (Å²) in [7, 11) is 0. The van der Waals surface area contributed by atoms with Gasteiger partial charge < -0.3 is 25.0 Å². The fraction of sp³-hybridized carbons (Fsp3) is 0.333. The van der Waals surface area contributed by atoms with Crippen molar-refractivity contribution in [3.63, 3.8) is 0 Å². The molecule has 10 heteroatoms. The summed E-state index contributed by atoms with van der Waals surface area (Å²) in [5, 5.41) is 15.5. The van der Waals surface area contributed by atoms with E-state index in [1.807, 2.05) is 42.5 Å². The fourth-order valence-corrected chi connectivity index (χ4v) is 4.82. The number of nitrogens with one attached hydrogen (secondary N) is 3. The Balaban J connectivity index is 1.43. The Morgan fingerprint density at radius 1 is 1.08 bits per heavy atom. The first-order chi connectivity index (χ1) is 18.0. The van der Waals surface area contributed by atoms with Crippen LogP contribution >= 0.6 is 0 Å². The van der Waals surface area contributed by atoms with Crippen molar-refractivity contribution in [1.29, 1.82) is 5.26 Å². The fourth-order valence-electron chi connectivity index (χ4n) is 4.82. The van der Waals surface area contributed by atoms with E-state index in [2.05, 4.69) is 45.4 Å². The Labute approximate surface area is 214 Å². The lowest BCUT2D eigenvalue weighted by molar-refractivity contribution is -0.119. The summed E-state index contributed by atoms with van der Waals surface area (Å²) in [6.07, 6.45) is 0. The lowest BCUT2D eigenvalue weighted by Crippen LogP contribution is -2.38. The number of carbonyl (C=O) groups is 1. The maximum absolute atomic E-state index is 13.3. The Morgan fingerprint density at radius 3 is 2.51 bits per heavy atom. The molecule has 0 radical (unpaired) electrons. The number of ether oxygens (including phenoxy) is 2. The van der Waals surface area contributed by atoms with Gasteiger partial charge in [0.1, 0.15) is 24.9 Å². The van der Waals surface area contributed by atoms with Crippen LogP contribution in [-0.4, -0.2) is 42.2 Å². The smallest absolute Gasteiger partial charge is 0.258 e. The van der Waals surface area contributed by atoms with Crippen LogP contribution < -0.4 is 30.6 Å².